The van der Waals surface area contributed by atoms with Crippen LogP contribution < -0.4 is 4.74 Å². The van der Waals surface area contributed by atoms with Crippen LogP contribution in [0.1, 0.15) is 36.0 Å². The summed E-state index contributed by atoms with van der Waals surface area (Å²) in [5.41, 5.74) is 0.306. The third-order valence-electron chi connectivity index (χ3n) is 4.43. The zero-order valence-corrected chi connectivity index (χ0v) is 12.2. The summed E-state index contributed by atoms with van der Waals surface area (Å²) >= 11 is 0. The Balaban J connectivity index is 1.86. The molecule has 1 N–H and O–H groups in total. The first kappa shape index (κ1) is 14.2. The number of methoxy groups -OCH3 is 1. The summed E-state index contributed by atoms with van der Waals surface area (Å²) < 4.78 is 10.9. The van der Waals surface area contributed by atoms with Crippen molar-refractivity contribution < 1.29 is 19.4 Å². The lowest BCUT2D eigenvalue weighted by Gasteiger charge is -2.43. The largest absolute Gasteiger partial charge is 0.507 e. The lowest BCUT2D eigenvalue weighted by molar-refractivity contribution is -0.0753. The molecule has 1 amide bonds. The maximum absolute atomic E-state index is 12.8. The molecule has 2 fully saturated rings. The molecule has 1 saturated carbocycles. The van der Waals surface area contributed by atoms with Crippen LogP contribution in [0.25, 0.3) is 0 Å². The summed E-state index contributed by atoms with van der Waals surface area (Å²) in [7, 11) is 1.55. The predicted molar refractivity (Wildman–Crippen MR) is 77.7 cm³/mol. The molecule has 1 aromatic rings. The summed E-state index contributed by atoms with van der Waals surface area (Å²) in [5, 5.41) is 9.99. The first-order valence-electron chi connectivity index (χ1n) is 7.50. The molecule has 0 aromatic heterocycles. The van der Waals surface area contributed by atoms with Crippen LogP contribution in [0.15, 0.2) is 18.2 Å². The molecule has 1 aliphatic carbocycles. The van der Waals surface area contributed by atoms with Crippen molar-refractivity contribution >= 4 is 5.91 Å². The number of fused-ring (bicyclic) bond motifs is 1. The minimum Gasteiger partial charge on any atom is -0.507 e. The van der Waals surface area contributed by atoms with E-state index in [4.69, 9.17) is 9.47 Å². The summed E-state index contributed by atoms with van der Waals surface area (Å²) in [4.78, 5) is 14.7. The second kappa shape index (κ2) is 5.93. The van der Waals surface area contributed by atoms with Crippen LogP contribution in [-0.2, 0) is 4.74 Å². The highest BCUT2D eigenvalue weighted by Gasteiger charge is 2.37. The van der Waals surface area contributed by atoms with Gasteiger partial charge in [0.15, 0.2) is 0 Å². The maximum atomic E-state index is 12.8. The van der Waals surface area contributed by atoms with Crippen LogP contribution in [0.4, 0.5) is 0 Å². The fraction of sp³-hybridized carbons (Fsp3) is 0.562. The van der Waals surface area contributed by atoms with E-state index in [-0.39, 0.29) is 23.8 Å². The van der Waals surface area contributed by atoms with E-state index in [1.165, 1.54) is 6.07 Å². The van der Waals surface area contributed by atoms with Crippen LogP contribution in [-0.4, -0.2) is 48.3 Å². The van der Waals surface area contributed by atoms with Crippen molar-refractivity contribution in [1.82, 2.24) is 4.90 Å². The van der Waals surface area contributed by atoms with Crippen molar-refractivity contribution in [1.29, 1.82) is 0 Å². The summed E-state index contributed by atoms with van der Waals surface area (Å²) in [6.07, 6.45) is 4.41. The maximum Gasteiger partial charge on any atom is 0.258 e. The van der Waals surface area contributed by atoms with Gasteiger partial charge in [-0.05, 0) is 31.0 Å². The van der Waals surface area contributed by atoms with E-state index in [9.17, 15) is 9.90 Å². The molecule has 2 unspecified atom stereocenters. The molecule has 2 aliphatic rings. The van der Waals surface area contributed by atoms with Gasteiger partial charge in [0, 0.05) is 6.54 Å². The monoisotopic (exact) mass is 291 g/mol. The van der Waals surface area contributed by atoms with Gasteiger partial charge in [0.25, 0.3) is 5.91 Å². The highest BCUT2D eigenvalue weighted by molar-refractivity contribution is 5.97. The summed E-state index contributed by atoms with van der Waals surface area (Å²) in [6.45, 7) is 1.15. The van der Waals surface area contributed by atoms with Crippen LogP contribution in [0.2, 0.25) is 0 Å². The first-order chi connectivity index (χ1) is 10.2. The minimum absolute atomic E-state index is 0.000323. The van der Waals surface area contributed by atoms with Crippen LogP contribution >= 0.6 is 0 Å². The normalized spacial score (nSPS) is 25.3. The zero-order valence-electron chi connectivity index (χ0n) is 12.2. The molecule has 21 heavy (non-hydrogen) atoms. The molecule has 2 atom stereocenters. The molecule has 3 rings (SSSR count). The van der Waals surface area contributed by atoms with Gasteiger partial charge in [0.05, 0.1) is 31.4 Å². The van der Waals surface area contributed by atoms with Crippen molar-refractivity contribution in [2.45, 2.75) is 37.8 Å². The molecule has 5 nitrogen and oxygen atoms in total. The lowest BCUT2D eigenvalue weighted by Crippen LogP contribution is -2.54. The minimum atomic E-state index is -0.133. The molecule has 0 spiro atoms. The quantitative estimate of drug-likeness (QED) is 0.907. The van der Waals surface area contributed by atoms with Crippen LogP contribution in [0.3, 0.4) is 0 Å². The van der Waals surface area contributed by atoms with Gasteiger partial charge in [-0.15, -0.1) is 0 Å². The summed E-state index contributed by atoms with van der Waals surface area (Å²) in [5.74, 6) is 0.441. The Labute approximate surface area is 124 Å². The number of carbonyl (C=O) groups is 1. The van der Waals surface area contributed by atoms with Gasteiger partial charge in [0.1, 0.15) is 11.5 Å². The number of carbonyl (C=O) groups excluding carboxylic acids is 1. The van der Waals surface area contributed by atoms with E-state index in [1.54, 1.807) is 19.2 Å². The van der Waals surface area contributed by atoms with Crippen molar-refractivity contribution in [2.75, 3.05) is 20.3 Å². The Kier molecular flexibility index (Phi) is 4.01. The van der Waals surface area contributed by atoms with Gasteiger partial charge in [0.2, 0.25) is 0 Å². The van der Waals surface area contributed by atoms with Gasteiger partial charge >= 0.3 is 0 Å². The van der Waals surface area contributed by atoms with Crippen molar-refractivity contribution in [3.8, 4) is 11.5 Å². The molecular formula is C16H21NO4. The average molecular weight is 291 g/mol. The van der Waals surface area contributed by atoms with E-state index in [0.717, 1.165) is 25.7 Å². The number of morpholine rings is 1. The van der Waals surface area contributed by atoms with Gasteiger partial charge < -0.3 is 19.5 Å². The molecule has 1 heterocycles. The number of benzene rings is 1. The van der Waals surface area contributed by atoms with Crippen molar-refractivity contribution in [2.24, 2.45) is 0 Å². The number of phenolic OH excluding ortho intramolecular Hbond substituents is 1. The SMILES string of the molecule is COc1ccc(O)c(C(=O)N2CCOC3CCCCC32)c1. The predicted octanol–water partition coefficient (Wildman–Crippen LogP) is 2.18. The van der Waals surface area contributed by atoms with E-state index in [0.29, 0.717) is 24.5 Å². The number of rotatable bonds is 2. The fourth-order valence-corrected chi connectivity index (χ4v) is 3.32. The summed E-state index contributed by atoms with van der Waals surface area (Å²) in [6, 6.07) is 4.88. The third kappa shape index (κ3) is 2.70. The van der Waals surface area contributed by atoms with Gasteiger partial charge in [-0.25, -0.2) is 0 Å². The number of phenols is 1. The first-order valence-corrected chi connectivity index (χ1v) is 7.50. The van der Waals surface area contributed by atoms with E-state index < -0.39 is 0 Å². The Morgan fingerprint density at radius 3 is 3.00 bits per heavy atom. The lowest BCUT2D eigenvalue weighted by atomic mass is 9.89. The molecule has 114 valence electrons. The topological polar surface area (TPSA) is 59.0 Å². The second-order valence-electron chi connectivity index (χ2n) is 5.64. The highest BCUT2D eigenvalue weighted by Crippen LogP contribution is 2.31. The van der Waals surface area contributed by atoms with Crippen molar-refractivity contribution in [3.63, 3.8) is 0 Å². The van der Waals surface area contributed by atoms with Gasteiger partial charge in [-0.1, -0.05) is 12.8 Å². The third-order valence-corrected chi connectivity index (χ3v) is 4.43. The fourth-order valence-electron chi connectivity index (χ4n) is 3.32. The molecule has 0 bridgehead atoms. The van der Waals surface area contributed by atoms with Crippen molar-refractivity contribution in [3.05, 3.63) is 23.8 Å². The number of hydrogen-bond acceptors (Lipinski definition) is 4. The van der Waals surface area contributed by atoms with E-state index in [1.807, 2.05) is 4.90 Å². The van der Waals surface area contributed by atoms with Gasteiger partial charge in [-0.2, -0.15) is 0 Å². The van der Waals surface area contributed by atoms with Crippen LogP contribution in [0.5, 0.6) is 11.5 Å². The van der Waals surface area contributed by atoms with E-state index >= 15 is 0 Å². The van der Waals surface area contributed by atoms with Crippen LogP contribution in [0, 0.1) is 0 Å². The molecule has 1 aromatic carbocycles. The number of amides is 1. The molecule has 0 radical (unpaired) electrons. The Hall–Kier alpha value is -1.75. The average Bonchev–Trinajstić information content (AvgIpc) is 2.54. The Bertz CT molecular complexity index is 529. The zero-order chi connectivity index (χ0) is 14.8. The molecule has 5 heteroatoms. The molecule has 1 aliphatic heterocycles. The van der Waals surface area contributed by atoms with E-state index in [2.05, 4.69) is 0 Å². The number of ether oxygens (including phenoxy) is 2. The second-order valence-corrected chi connectivity index (χ2v) is 5.64. The van der Waals surface area contributed by atoms with Gasteiger partial charge in [-0.3, -0.25) is 4.79 Å². The Morgan fingerprint density at radius 1 is 1.38 bits per heavy atom. The highest BCUT2D eigenvalue weighted by atomic mass is 16.5. The number of nitrogens with zero attached hydrogens (tertiary/aromatic N) is 1. The standard InChI is InChI=1S/C16H21NO4/c1-20-11-6-7-14(18)12(10-11)16(19)17-8-9-21-15-5-3-2-4-13(15)17/h6-7,10,13,15,18H,2-5,8-9H2,1H3. The number of aromatic hydroxyl groups is 1. The molecule has 1 saturated heterocycles. The number of hydrogen-bond donors (Lipinski definition) is 1. The molecular weight excluding hydrogens is 270 g/mol. The Morgan fingerprint density at radius 2 is 2.19 bits per heavy atom. The smallest absolute Gasteiger partial charge is 0.258 e.